The van der Waals surface area contributed by atoms with E-state index in [0.717, 1.165) is 66.8 Å². The Bertz CT molecular complexity index is 3190. The molecule has 11 rings (SSSR count). The molecule has 1 aliphatic heterocycles. The van der Waals surface area contributed by atoms with Crippen LogP contribution in [0, 0.1) is 0 Å². The van der Waals surface area contributed by atoms with Crippen LogP contribution in [-0.4, -0.2) is 11.7 Å². The van der Waals surface area contributed by atoms with Crippen LogP contribution in [0.1, 0.15) is 22.9 Å². The molecule has 0 saturated heterocycles. The van der Waals surface area contributed by atoms with Gasteiger partial charge >= 0.3 is 0 Å². The standard InChI is InChI=1S/C51H33N3O/c1-2-10-32(11-3-1)37-15-8-16-38(28-37)39-26-27-46-45(30-39)48-43(18-9-19-47(48)55-46)51-53-49(40-24-20-33-12-4-5-14-36(33)29-40)52-50(54-51)41-25-23-35-22-21-34-13-6-7-17-42(34)44(35)31-41/h1-31,51H,(H,52,53,54). The predicted octanol–water partition coefficient (Wildman–Crippen LogP) is 12.9. The van der Waals surface area contributed by atoms with Gasteiger partial charge in [0, 0.05) is 27.5 Å². The topological polar surface area (TPSA) is 49.9 Å². The quantitative estimate of drug-likeness (QED) is 0.181. The summed E-state index contributed by atoms with van der Waals surface area (Å²) in [7, 11) is 0. The highest BCUT2D eigenvalue weighted by Crippen LogP contribution is 2.39. The molecule has 4 heteroatoms. The van der Waals surface area contributed by atoms with Gasteiger partial charge in [-0.25, -0.2) is 9.98 Å². The monoisotopic (exact) mass is 703 g/mol. The van der Waals surface area contributed by atoms with Crippen LogP contribution in [0.15, 0.2) is 202 Å². The molecule has 4 nitrogen and oxygen atoms in total. The van der Waals surface area contributed by atoms with Crippen molar-refractivity contribution < 1.29 is 4.42 Å². The highest BCUT2D eigenvalue weighted by molar-refractivity contribution is 6.19. The fourth-order valence-electron chi connectivity index (χ4n) is 8.13. The molecule has 0 bridgehead atoms. The first kappa shape index (κ1) is 31.2. The lowest BCUT2D eigenvalue weighted by Crippen LogP contribution is -2.36. The van der Waals surface area contributed by atoms with E-state index in [4.69, 9.17) is 14.4 Å². The highest BCUT2D eigenvalue weighted by atomic mass is 16.3. The summed E-state index contributed by atoms with van der Waals surface area (Å²) in [6.07, 6.45) is -0.518. The van der Waals surface area contributed by atoms with Crippen LogP contribution in [0.5, 0.6) is 0 Å². The Morgan fingerprint density at radius 1 is 0.364 bits per heavy atom. The van der Waals surface area contributed by atoms with E-state index in [9.17, 15) is 0 Å². The lowest BCUT2D eigenvalue weighted by Gasteiger charge is -2.23. The van der Waals surface area contributed by atoms with E-state index in [2.05, 4.69) is 187 Å². The number of benzene rings is 9. The van der Waals surface area contributed by atoms with Crippen molar-refractivity contribution in [3.8, 4) is 22.3 Å². The maximum Gasteiger partial charge on any atom is 0.170 e. The highest BCUT2D eigenvalue weighted by Gasteiger charge is 2.25. The zero-order valence-corrected chi connectivity index (χ0v) is 29.8. The molecule has 0 spiro atoms. The Hall–Kier alpha value is -7.30. The summed E-state index contributed by atoms with van der Waals surface area (Å²) < 4.78 is 6.52. The molecule has 55 heavy (non-hydrogen) atoms. The van der Waals surface area contributed by atoms with Crippen molar-refractivity contribution >= 4 is 65.9 Å². The van der Waals surface area contributed by atoms with Crippen LogP contribution in [0.4, 0.5) is 0 Å². The normalized spacial score (nSPS) is 14.4. The minimum Gasteiger partial charge on any atom is -0.456 e. The Balaban J connectivity index is 1.08. The molecule has 0 aliphatic carbocycles. The van der Waals surface area contributed by atoms with Gasteiger partial charge in [0.05, 0.1) is 0 Å². The molecule has 0 fully saturated rings. The molecule has 2 heterocycles. The van der Waals surface area contributed by atoms with Gasteiger partial charge in [-0.3, -0.25) is 0 Å². The van der Waals surface area contributed by atoms with E-state index in [0.29, 0.717) is 0 Å². The van der Waals surface area contributed by atoms with E-state index < -0.39 is 6.17 Å². The van der Waals surface area contributed by atoms with E-state index in [1.54, 1.807) is 0 Å². The summed E-state index contributed by atoms with van der Waals surface area (Å²) >= 11 is 0. The van der Waals surface area contributed by atoms with Crippen LogP contribution in [0.2, 0.25) is 0 Å². The predicted molar refractivity (Wildman–Crippen MR) is 229 cm³/mol. The Kier molecular flexibility index (Phi) is 7.20. The fraction of sp³-hybridized carbons (Fsp3) is 0.0196. The molecule has 1 aromatic heterocycles. The second-order valence-electron chi connectivity index (χ2n) is 14.2. The van der Waals surface area contributed by atoms with Crippen molar-refractivity contribution in [2.24, 2.45) is 9.98 Å². The fourth-order valence-corrected chi connectivity index (χ4v) is 8.13. The van der Waals surface area contributed by atoms with Crippen molar-refractivity contribution in [3.05, 3.63) is 205 Å². The van der Waals surface area contributed by atoms with Gasteiger partial charge in [0.1, 0.15) is 22.8 Å². The first-order valence-electron chi connectivity index (χ1n) is 18.7. The summed E-state index contributed by atoms with van der Waals surface area (Å²) in [5.41, 5.74) is 9.32. The van der Waals surface area contributed by atoms with Gasteiger partial charge in [0.2, 0.25) is 0 Å². The van der Waals surface area contributed by atoms with Gasteiger partial charge in [0.25, 0.3) is 0 Å². The number of fused-ring (bicyclic) bond motifs is 7. The van der Waals surface area contributed by atoms with Crippen molar-refractivity contribution in [2.45, 2.75) is 6.17 Å². The molecule has 9 aromatic carbocycles. The van der Waals surface area contributed by atoms with Gasteiger partial charge in [-0.1, -0.05) is 152 Å². The van der Waals surface area contributed by atoms with E-state index >= 15 is 0 Å². The number of amidine groups is 2. The summed E-state index contributed by atoms with van der Waals surface area (Å²) in [5.74, 6) is 1.56. The van der Waals surface area contributed by atoms with Crippen LogP contribution < -0.4 is 5.32 Å². The molecule has 10 aromatic rings. The third-order valence-electron chi connectivity index (χ3n) is 10.9. The third-order valence-corrected chi connectivity index (χ3v) is 10.9. The Morgan fingerprint density at radius 3 is 1.78 bits per heavy atom. The number of furan rings is 1. The maximum atomic E-state index is 6.52. The number of nitrogens with zero attached hydrogens (tertiary/aromatic N) is 2. The lowest BCUT2D eigenvalue weighted by atomic mass is 9.97. The average molecular weight is 704 g/mol. The van der Waals surface area contributed by atoms with E-state index in [1.165, 1.54) is 38.1 Å². The van der Waals surface area contributed by atoms with E-state index in [-0.39, 0.29) is 0 Å². The zero-order chi connectivity index (χ0) is 36.3. The molecule has 1 aliphatic rings. The number of hydrogen-bond donors (Lipinski definition) is 1. The van der Waals surface area contributed by atoms with Crippen molar-refractivity contribution in [1.82, 2.24) is 5.32 Å². The summed E-state index contributed by atoms with van der Waals surface area (Å²) in [6.45, 7) is 0. The summed E-state index contributed by atoms with van der Waals surface area (Å²) in [5, 5.41) is 12.9. The lowest BCUT2D eigenvalue weighted by molar-refractivity contribution is 0.667. The van der Waals surface area contributed by atoms with Crippen molar-refractivity contribution in [3.63, 3.8) is 0 Å². The smallest absolute Gasteiger partial charge is 0.170 e. The average Bonchev–Trinajstić information content (AvgIpc) is 3.64. The summed E-state index contributed by atoms with van der Waals surface area (Å²) in [4.78, 5) is 10.7. The van der Waals surface area contributed by atoms with Crippen LogP contribution in [0.3, 0.4) is 0 Å². The van der Waals surface area contributed by atoms with Gasteiger partial charge in [-0.2, -0.15) is 0 Å². The molecule has 0 radical (unpaired) electrons. The van der Waals surface area contributed by atoms with Crippen LogP contribution in [-0.2, 0) is 0 Å². The van der Waals surface area contributed by atoms with Crippen molar-refractivity contribution in [2.75, 3.05) is 0 Å². The first-order valence-corrected chi connectivity index (χ1v) is 18.7. The SMILES string of the molecule is c1ccc(-c2cccc(-c3ccc4oc5cccc(C6N=C(c7ccc8ccccc8c7)NC(c7ccc8ccc9ccccc9c8c7)=N6)c5c4c3)c2)cc1. The third kappa shape index (κ3) is 5.46. The van der Waals surface area contributed by atoms with Gasteiger partial charge < -0.3 is 9.73 Å². The summed E-state index contributed by atoms with van der Waals surface area (Å²) in [6, 6.07) is 66.5. The largest absolute Gasteiger partial charge is 0.456 e. The number of hydrogen-bond acceptors (Lipinski definition) is 4. The molecule has 1 N–H and O–H groups in total. The number of nitrogens with one attached hydrogen (secondary N) is 1. The number of rotatable bonds is 5. The number of aliphatic imine (C=N–C) groups is 2. The van der Waals surface area contributed by atoms with Crippen LogP contribution >= 0.6 is 0 Å². The molecular formula is C51H33N3O. The molecule has 0 saturated carbocycles. The molecule has 1 unspecified atom stereocenters. The molecule has 1 atom stereocenters. The Morgan fingerprint density at radius 2 is 0.945 bits per heavy atom. The van der Waals surface area contributed by atoms with Crippen LogP contribution in [0.25, 0.3) is 76.5 Å². The molecule has 0 amide bonds. The minimum absolute atomic E-state index is 0.518. The molecule has 258 valence electrons. The zero-order valence-electron chi connectivity index (χ0n) is 29.8. The second kappa shape index (κ2) is 12.7. The second-order valence-corrected chi connectivity index (χ2v) is 14.2. The minimum atomic E-state index is -0.518. The first-order chi connectivity index (χ1) is 27.2. The van der Waals surface area contributed by atoms with Crippen molar-refractivity contribution in [1.29, 1.82) is 0 Å². The van der Waals surface area contributed by atoms with Gasteiger partial charge in [-0.15, -0.1) is 0 Å². The van der Waals surface area contributed by atoms with Gasteiger partial charge in [-0.05, 0) is 91.0 Å². The van der Waals surface area contributed by atoms with E-state index in [1.807, 2.05) is 6.07 Å². The Labute approximate surface area is 317 Å². The maximum absolute atomic E-state index is 6.52. The molecular weight excluding hydrogens is 671 g/mol. The van der Waals surface area contributed by atoms with Gasteiger partial charge in [0.15, 0.2) is 6.17 Å².